The summed E-state index contributed by atoms with van der Waals surface area (Å²) in [4.78, 5) is 0.396. The number of rotatable bonds is 4. The fourth-order valence-corrected chi connectivity index (χ4v) is 5.90. The lowest BCUT2D eigenvalue weighted by molar-refractivity contribution is 0.577. The molecular weight excluding hydrogens is 316 g/mol. The first-order chi connectivity index (χ1) is 11.7. The van der Waals surface area contributed by atoms with Gasteiger partial charge < -0.3 is 0 Å². The quantitative estimate of drug-likeness (QED) is 0.702. The summed E-state index contributed by atoms with van der Waals surface area (Å²) in [5.41, 5.74) is 1.96. The summed E-state index contributed by atoms with van der Waals surface area (Å²) < 4.78 is 26.1. The van der Waals surface area contributed by atoms with Crippen LogP contribution >= 0.6 is 0 Å². The van der Waals surface area contributed by atoms with Gasteiger partial charge in [0.05, 0.1) is 4.90 Å². The Balaban J connectivity index is 1.88. The van der Waals surface area contributed by atoms with Crippen molar-refractivity contribution in [2.45, 2.75) is 22.0 Å². The van der Waals surface area contributed by atoms with E-state index in [1.165, 1.54) is 0 Å². The molecule has 24 heavy (non-hydrogen) atoms. The second-order valence-corrected chi connectivity index (χ2v) is 8.45. The Morgan fingerprint density at radius 3 is 1.79 bits per heavy atom. The van der Waals surface area contributed by atoms with Crippen molar-refractivity contribution in [1.82, 2.24) is 0 Å². The van der Waals surface area contributed by atoms with Gasteiger partial charge in [0.2, 0.25) is 0 Å². The van der Waals surface area contributed by atoms with Crippen LogP contribution in [0.4, 0.5) is 0 Å². The van der Waals surface area contributed by atoms with Gasteiger partial charge in [0.1, 0.15) is 4.75 Å². The first kappa shape index (κ1) is 15.2. The fraction of sp³-hybridized carbons (Fsp3) is 0.143. The average Bonchev–Trinajstić information content (AvgIpc) is 3.42. The summed E-state index contributed by atoms with van der Waals surface area (Å²) in [5, 5.41) is 0. The summed E-state index contributed by atoms with van der Waals surface area (Å²) in [6.45, 7) is 0. The molecule has 1 fully saturated rings. The monoisotopic (exact) mass is 334 g/mol. The topological polar surface area (TPSA) is 34.1 Å². The molecule has 3 aromatic rings. The van der Waals surface area contributed by atoms with Gasteiger partial charge in [0, 0.05) is 5.92 Å². The summed E-state index contributed by atoms with van der Waals surface area (Å²) >= 11 is 0. The van der Waals surface area contributed by atoms with Gasteiger partial charge in [0.15, 0.2) is 9.84 Å². The van der Waals surface area contributed by atoms with Crippen molar-refractivity contribution < 1.29 is 8.42 Å². The molecule has 0 radical (unpaired) electrons. The van der Waals surface area contributed by atoms with Crippen molar-refractivity contribution in [2.24, 2.45) is 0 Å². The first-order valence-electron chi connectivity index (χ1n) is 8.06. The molecule has 0 unspecified atom stereocenters. The van der Waals surface area contributed by atoms with Gasteiger partial charge in [-0.15, -0.1) is 0 Å². The lowest BCUT2D eigenvalue weighted by atomic mass is 10.0. The molecule has 0 aliphatic heterocycles. The van der Waals surface area contributed by atoms with E-state index < -0.39 is 14.6 Å². The maximum atomic E-state index is 13.5. The van der Waals surface area contributed by atoms with Crippen LogP contribution in [0.5, 0.6) is 0 Å². The predicted octanol–water partition coefficient (Wildman–Crippen LogP) is 4.54. The Kier molecular flexibility index (Phi) is 3.54. The maximum Gasteiger partial charge on any atom is 0.188 e. The standard InChI is InChI=1S/C21H18O2S/c22-24(23,19-14-8-3-9-15-19)21(18-12-6-2-7-13-18)16-20(21)17-10-4-1-5-11-17/h1-15,20H,16H2/t20-,21-/m1/s1. The molecule has 0 spiro atoms. The van der Waals surface area contributed by atoms with Crippen LogP contribution in [-0.2, 0) is 14.6 Å². The highest BCUT2D eigenvalue weighted by molar-refractivity contribution is 7.92. The summed E-state index contributed by atoms with van der Waals surface area (Å²) in [6.07, 6.45) is 0.623. The summed E-state index contributed by atoms with van der Waals surface area (Å²) in [5.74, 6) is -0.00805. The van der Waals surface area contributed by atoms with E-state index in [4.69, 9.17) is 0 Å². The number of benzene rings is 3. The Bertz CT molecular complexity index is 935. The smallest absolute Gasteiger partial charge is 0.188 e. The highest BCUT2D eigenvalue weighted by Gasteiger charge is 2.65. The molecule has 1 aliphatic carbocycles. The molecule has 0 N–H and O–H groups in total. The van der Waals surface area contributed by atoms with E-state index in [1.54, 1.807) is 24.3 Å². The number of sulfone groups is 1. The van der Waals surface area contributed by atoms with Crippen LogP contribution in [-0.4, -0.2) is 8.42 Å². The summed E-state index contributed by atoms with van der Waals surface area (Å²) in [7, 11) is -3.48. The largest absolute Gasteiger partial charge is 0.223 e. The van der Waals surface area contributed by atoms with E-state index in [9.17, 15) is 8.42 Å². The molecule has 3 heteroatoms. The van der Waals surface area contributed by atoms with Crippen LogP contribution in [0, 0.1) is 0 Å². The zero-order chi connectivity index (χ0) is 16.6. The minimum absolute atomic E-state index is 0.00805. The average molecular weight is 334 g/mol. The van der Waals surface area contributed by atoms with Crippen LogP contribution in [0.1, 0.15) is 23.5 Å². The Morgan fingerprint density at radius 2 is 1.21 bits per heavy atom. The van der Waals surface area contributed by atoms with Gasteiger partial charge in [0.25, 0.3) is 0 Å². The van der Waals surface area contributed by atoms with Crippen molar-refractivity contribution in [3.63, 3.8) is 0 Å². The van der Waals surface area contributed by atoms with Crippen LogP contribution in [0.3, 0.4) is 0 Å². The third kappa shape index (κ3) is 2.20. The van der Waals surface area contributed by atoms with Gasteiger partial charge in [-0.25, -0.2) is 8.42 Å². The molecule has 0 bridgehead atoms. The third-order valence-electron chi connectivity index (χ3n) is 4.91. The molecule has 0 saturated heterocycles. The maximum absolute atomic E-state index is 13.5. The predicted molar refractivity (Wildman–Crippen MR) is 95.5 cm³/mol. The Hall–Kier alpha value is -2.39. The molecular formula is C21H18O2S. The van der Waals surface area contributed by atoms with Gasteiger partial charge in [-0.05, 0) is 29.7 Å². The lowest BCUT2D eigenvalue weighted by Gasteiger charge is -2.19. The lowest BCUT2D eigenvalue weighted by Crippen LogP contribution is -2.23. The van der Waals surface area contributed by atoms with E-state index in [-0.39, 0.29) is 5.92 Å². The Labute approximate surface area is 142 Å². The van der Waals surface area contributed by atoms with Crippen LogP contribution in [0.15, 0.2) is 95.9 Å². The van der Waals surface area contributed by atoms with Crippen LogP contribution in [0.25, 0.3) is 0 Å². The van der Waals surface area contributed by atoms with Crippen molar-refractivity contribution >= 4 is 9.84 Å². The molecule has 1 saturated carbocycles. The molecule has 2 nitrogen and oxygen atoms in total. The van der Waals surface area contributed by atoms with Crippen molar-refractivity contribution in [3.05, 3.63) is 102 Å². The van der Waals surface area contributed by atoms with Crippen molar-refractivity contribution in [3.8, 4) is 0 Å². The number of hydrogen-bond donors (Lipinski definition) is 0. The van der Waals surface area contributed by atoms with Gasteiger partial charge in [-0.1, -0.05) is 78.9 Å². The highest BCUT2D eigenvalue weighted by Crippen LogP contribution is 2.65. The van der Waals surface area contributed by atoms with E-state index in [0.717, 1.165) is 11.1 Å². The summed E-state index contributed by atoms with van der Waals surface area (Å²) in [6, 6.07) is 28.4. The zero-order valence-corrected chi connectivity index (χ0v) is 14.0. The molecule has 3 aromatic carbocycles. The third-order valence-corrected chi connectivity index (χ3v) is 7.45. The Morgan fingerprint density at radius 1 is 0.708 bits per heavy atom. The molecule has 1 aliphatic rings. The van der Waals surface area contributed by atoms with E-state index in [2.05, 4.69) is 0 Å². The number of hydrogen-bond acceptors (Lipinski definition) is 2. The molecule has 0 aromatic heterocycles. The second-order valence-electron chi connectivity index (χ2n) is 6.24. The van der Waals surface area contributed by atoms with Crippen LogP contribution < -0.4 is 0 Å². The van der Waals surface area contributed by atoms with E-state index >= 15 is 0 Å². The molecule has 0 amide bonds. The minimum atomic E-state index is -3.48. The fourth-order valence-electron chi connectivity index (χ4n) is 3.62. The minimum Gasteiger partial charge on any atom is -0.223 e. The second kappa shape index (κ2) is 5.60. The molecule has 2 atom stereocenters. The molecule has 120 valence electrons. The van der Waals surface area contributed by atoms with Crippen molar-refractivity contribution in [1.29, 1.82) is 0 Å². The van der Waals surface area contributed by atoms with Crippen LogP contribution in [0.2, 0.25) is 0 Å². The molecule has 0 heterocycles. The zero-order valence-electron chi connectivity index (χ0n) is 13.2. The molecule has 4 rings (SSSR count). The highest BCUT2D eigenvalue weighted by atomic mass is 32.2. The van der Waals surface area contributed by atoms with E-state index in [0.29, 0.717) is 11.3 Å². The van der Waals surface area contributed by atoms with E-state index in [1.807, 2.05) is 66.7 Å². The SMILES string of the molecule is O=S(=O)(c1ccccc1)[C@@]1(c2ccccc2)C[C@@H]1c1ccccc1. The van der Waals surface area contributed by atoms with Gasteiger partial charge in [-0.2, -0.15) is 0 Å². The van der Waals surface area contributed by atoms with Crippen molar-refractivity contribution in [2.75, 3.05) is 0 Å². The van der Waals surface area contributed by atoms with Gasteiger partial charge >= 0.3 is 0 Å². The first-order valence-corrected chi connectivity index (χ1v) is 9.55. The normalized spacial score (nSPS) is 22.9. The van der Waals surface area contributed by atoms with Gasteiger partial charge in [-0.3, -0.25) is 0 Å².